The van der Waals surface area contributed by atoms with E-state index in [1.807, 2.05) is 19.9 Å². The van der Waals surface area contributed by atoms with Crippen LogP contribution in [-0.4, -0.2) is 64.5 Å². The van der Waals surface area contributed by atoms with Crippen molar-refractivity contribution >= 4 is 27.0 Å². The largest absolute Gasteiger partial charge is 0.463 e. The number of furan rings is 1. The number of benzene rings is 1. The summed E-state index contributed by atoms with van der Waals surface area (Å²) in [6.07, 6.45) is 1.56. The Labute approximate surface area is 204 Å². The monoisotopic (exact) mass is 493 g/mol. The van der Waals surface area contributed by atoms with Crippen LogP contribution in [0.4, 0.5) is 0 Å². The van der Waals surface area contributed by atoms with Gasteiger partial charge in [0, 0.05) is 33.2 Å². The third-order valence-electron chi connectivity index (χ3n) is 6.45. The lowest BCUT2D eigenvalue weighted by atomic mass is 10.1. The molecule has 4 aromatic rings. The van der Waals surface area contributed by atoms with Gasteiger partial charge in [-0.25, -0.2) is 13.4 Å². The molecule has 0 bridgehead atoms. The summed E-state index contributed by atoms with van der Waals surface area (Å²) in [5, 5.41) is 5.15. The Kier molecular flexibility index (Phi) is 5.72. The van der Waals surface area contributed by atoms with Gasteiger partial charge in [0.05, 0.1) is 27.8 Å². The van der Waals surface area contributed by atoms with E-state index in [0.717, 1.165) is 11.1 Å². The number of carbonyl (C=O) groups is 1. The van der Waals surface area contributed by atoms with Crippen LogP contribution in [0.15, 0.2) is 52.0 Å². The predicted octanol–water partition coefficient (Wildman–Crippen LogP) is 3.30. The smallest absolute Gasteiger partial charge is 0.254 e. The fourth-order valence-electron chi connectivity index (χ4n) is 4.69. The number of pyridine rings is 1. The maximum atomic E-state index is 13.7. The summed E-state index contributed by atoms with van der Waals surface area (Å²) in [4.78, 5) is 20.4. The van der Waals surface area contributed by atoms with Gasteiger partial charge in [0.25, 0.3) is 5.91 Å². The number of hydrogen-bond donors (Lipinski definition) is 0. The third-order valence-corrected chi connectivity index (χ3v) is 8.51. The molecule has 0 spiro atoms. The second-order valence-corrected chi connectivity index (χ2v) is 10.8. The van der Waals surface area contributed by atoms with Gasteiger partial charge in [-0.3, -0.25) is 9.48 Å². The van der Waals surface area contributed by atoms with Gasteiger partial charge in [-0.2, -0.15) is 9.40 Å². The van der Waals surface area contributed by atoms with Gasteiger partial charge in [0.15, 0.2) is 11.4 Å². The van der Waals surface area contributed by atoms with Crippen LogP contribution in [0.1, 0.15) is 27.2 Å². The van der Waals surface area contributed by atoms with Gasteiger partial charge in [-0.05, 0) is 50.6 Å². The molecule has 1 fully saturated rings. The van der Waals surface area contributed by atoms with E-state index in [9.17, 15) is 13.2 Å². The Morgan fingerprint density at radius 2 is 1.77 bits per heavy atom. The number of hydrogen-bond acceptors (Lipinski definition) is 6. The number of sulfonamides is 1. The number of rotatable bonds is 4. The van der Waals surface area contributed by atoms with Crippen molar-refractivity contribution in [3.8, 4) is 11.5 Å². The first-order valence-corrected chi connectivity index (χ1v) is 12.9. The Balaban J connectivity index is 1.43. The van der Waals surface area contributed by atoms with Crippen molar-refractivity contribution in [2.75, 3.05) is 26.2 Å². The number of amides is 1. The Hall–Kier alpha value is -3.50. The molecule has 10 heteroatoms. The molecule has 0 aliphatic carbocycles. The molecule has 3 aromatic heterocycles. The molecule has 0 atom stereocenters. The number of aryl methyl sites for hydroxylation is 4. The van der Waals surface area contributed by atoms with Crippen molar-refractivity contribution < 1.29 is 17.6 Å². The molecule has 9 nitrogen and oxygen atoms in total. The van der Waals surface area contributed by atoms with Crippen LogP contribution in [0.5, 0.6) is 0 Å². The van der Waals surface area contributed by atoms with Gasteiger partial charge in [0.2, 0.25) is 10.0 Å². The lowest BCUT2D eigenvalue weighted by Gasteiger charge is -2.34. The van der Waals surface area contributed by atoms with E-state index in [4.69, 9.17) is 4.42 Å². The van der Waals surface area contributed by atoms with Crippen LogP contribution in [0.3, 0.4) is 0 Å². The van der Waals surface area contributed by atoms with Gasteiger partial charge < -0.3 is 9.32 Å². The van der Waals surface area contributed by atoms with E-state index in [1.165, 1.54) is 4.31 Å². The molecule has 1 amide bonds. The molecule has 1 saturated heterocycles. The molecule has 0 saturated carbocycles. The van der Waals surface area contributed by atoms with E-state index in [1.54, 1.807) is 60.1 Å². The lowest BCUT2D eigenvalue weighted by molar-refractivity contribution is 0.0699. The molecule has 1 aromatic carbocycles. The molecular formula is C25H27N5O4S. The van der Waals surface area contributed by atoms with Gasteiger partial charge >= 0.3 is 0 Å². The minimum atomic E-state index is -3.64. The lowest BCUT2D eigenvalue weighted by Crippen LogP contribution is -2.50. The van der Waals surface area contributed by atoms with Crippen molar-refractivity contribution in [2.45, 2.75) is 25.7 Å². The third kappa shape index (κ3) is 4.02. The van der Waals surface area contributed by atoms with Crippen molar-refractivity contribution in [3.05, 3.63) is 65.0 Å². The first-order chi connectivity index (χ1) is 16.7. The Morgan fingerprint density at radius 1 is 1.03 bits per heavy atom. The summed E-state index contributed by atoms with van der Waals surface area (Å²) in [5.41, 5.74) is 4.07. The minimum absolute atomic E-state index is 0.176. The standard InChI is InChI=1S/C25H27N5O4S/c1-16-7-8-22(17(2)14-16)35(32,33)30-11-9-29(10-12-30)25(31)19-15-20(21-6-5-13-34-21)26-24-23(19)18(3)27-28(24)4/h5-8,13-15H,9-12H2,1-4H3. The van der Waals surface area contributed by atoms with Crippen LogP contribution in [0.2, 0.25) is 0 Å². The van der Waals surface area contributed by atoms with Crippen molar-refractivity contribution in [2.24, 2.45) is 7.05 Å². The maximum absolute atomic E-state index is 13.7. The molecule has 0 unspecified atom stereocenters. The second kappa shape index (κ2) is 8.62. The van der Waals surface area contributed by atoms with E-state index in [2.05, 4.69) is 10.1 Å². The molecule has 5 rings (SSSR count). The van der Waals surface area contributed by atoms with E-state index in [0.29, 0.717) is 51.7 Å². The highest BCUT2D eigenvalue weighted by Gasteiger charge is 2.32. The first-order valence-electron chi connectivity index (χ1n) is 11.4. The maximum Gasteiger partial charge on any atom is 0.254 e. The van der Waals surface area contributed by atoms with E-state index >= 15 is 0 Å². The van der Waals surface area contributed by atoms with E-state index < -0.39 is 10.0 Å². The average Bonchev–Trinajstić information content (AvgIpc) is 3.46. The predicted molar refractivity (Wildman–Crippen MR) is 132 cm³/mol. The van der Waals surface area contributed by atoms with Gasteiger partial charge in [-0.1, -0.05) is 17.7 Å². The summed E-state index contributed by atoms with van der Waals surface area (Å²) in [6, 6.07) is 10.6. The van der Waals surface area contributed by atoms with Crippen LogP contribution >= 0.6 is 0 Å². The van der Waals surface area contributed by atoms with Crippen molar-refractivity contribution in [1.82, 2.24) is 24.0 Å². The van der Waals surface area contributed by atoms with E-state index in [-0.39, 0.29) is 19.0 Å². The average molecular weight is 494 g/mol. The number of nitrogens with zero attached hydrogens (tertiary/aromatic N) is 5. The van der Waals surface area contributed by atoms with Crippen molar-refractivity contribution in [1.29, 1.82) is 0 Å². The normalized spacial score (nSPS) is 15.1. The molecule has 182 valence electrons. The fourth-order valence-corrected chi connectivity index (χ4v) is 6.32. The zero-order chi connectivity index (χ0) is 24.9. The van der Waals surface area contributed by atoms with Crippen LogP contribution in [-0.2, 0) is 17.1 Å². The number of carbonyl (C=O) groups excluding carboxylic acids is 1. The summed E-state index contributed by atoms with van der Waals surface area (Å²) < 4.78 is 35.1. The van der Waals surface area contributed by atoms with Gasteiger partial charge in [0.1, 0.15) is 5.69 Å². The molecule has 0 radical (unpaired) electrons. The van der Waals surface area contributed by atoms with Gasteiger partial charge in [-0.15, -0.1) is 0 Å². The zero-order valence-corrected chi connectivity index (χ0v) is 21.0. The number of fused-ring (bicyclic) bond motifs is 1. The molecule has 1 aliphatic heterocycles. The Bertz CT molecular complexity index is 1530. The first kappa shape index (κ1) is 23.3. The molecular weight excluding hydrogens is 466 g/mol. The fraction of sp³-hybridized carbons (Fsp3) is 0.320. The number of aromatic nitrogens is 3. The summed E-state index contributed by atoms with van der Waals surface area (Å²) >= 11 is 0. The topological polar surface area (TPSA) is 102 Å². The molecule has 0 N–H and O–H groups in total. The van der Waals surface area contributed by atoms with Crippen molar-refractivity contribution in [3.63, 3.8) is 0 Å². The highest BCUT2D eigenvalue weighted by atomic mass is 32.2. The summed E-state index contributed by atoms with van der Waals surface area (Å²) in [7, 11) is -1.85. The minimum Gasteiger partial charge on any atom is -0.463 e. The molecule has 35 heavy (non-hydrogen) atoms. The quantitative estimate of drug-likeness (QED) is 0.432. The Morgan fingerprint density at radius 3 is 2.43 bits per heavy atom. The molecule has 4 heterocycles. The zero-order valence-electron chi connectivity index (χ0n) is 20.1. The SMILES string of the molecule is Cc1ccc(S(=O)(=O)N2CCN(C(=O)c3cc(-c4ccco4)nc4c3c(C)nn4C)CC2)c(C)c1. The second-order valence-electron chi connectivity index (χ2n) is 8.91. The van der Waals surface area contributed by atoms with Crippen LogP contribution in [0.25, 0.3) is 22.5 Å². The summed E-state index contributed by atoms with van der Waals surface area (Å²) in [5.74, 6) is 0.383. The van der Waals surface area contributed by atoms with Crippen LogP contribution in [0, 0.1) is 20.8 Å². The summed E-state index contributed by atoms with van der Waals surface area (Å²) in [6.45, 7) is 6.64. The molecule has 1 aliphatic rings. The van der Waals surface area contributed by atoms with Crippen LogP contribution < -0.4 is 0 Å². The highest BCUT2D eigenvalue weighted by molar-refractivity contribution is 7.89. The number of piperazine rings is 1. The highest BCUT2D eigenvalue weighted by Crippen LogP contribution is 2.29.